The lowest BCUT2D eigenvalue weighted by Gasteiger charge is -2.08. The van der Waals surface area contributed by atoms with Crippen LogP contribution in [0.3, 0.4) is 0 Å². The van der Waals surface area contributed by atoms with Crippen LogP contribution < -0.4 is 0 Å². The Morgan fingerprint density at radius 1 is 0.649 bits per heavy atom. The van der Waals surface area contributed by atoms with Crippen molar-refractivity contribution < 1.29 is 14.4 Å². The standard InChI is InChI=1S/C32H50NO3P/c1-2-3-4-5-6-7-8-10-13-18-25-33-31-22-17-16-21-29(31)30-27-28(23-24-32(30)33)20-15-12-9-11-14-19-26-37(34,35)36/h16-17,21-24,27H,2-15,18-20,25-26H2,1H3,(H2,34,35,36). The number of para-hydroxylation sites is 1. The molecular formula is C32H50NO3P. The molecule has 0 atom stereocenters. The number of aromatic nitrogens is 1. The number of hydrogen-bond acceptors (Lipinski definition) is 1. The Hall–Kier alpha value is -1.61. The highest BCUT2D eigenvalue weighted by molar-refractivity contribution is 7.51. The maximum absolute atomic E-state index is 10.9. The summed E-state index contributed by atoms with van der Waals surface area (Å²) in [5.41, 5.74) is 4.14. The predicted molar refractivity (Wildman–Crippen MR) is 160 cm³/mol. The van der Waals surface area contributed by atoms with Gasteiger partial charge in [0.1, 0.15) is 0 Å². The molecular weight excluding hydrogens is 477 g/mol. The van der Waals surface area contributed by atoms with Gasteiger partial charge in [-0.05, 0) is 49.4 Å². The Morgan fingerprint density at radius 2 is 1.22 bits per heavy atom. The van der Waals surface area contributed by atoms with Crippen LogP contribution in [0.25, 0.3) is 21.8 Å². The van der Waals surface area contributed by atoms with Gasteiger partial charge in [0.2, 0.25) is 0 Å². The van der Waals surface area contributed by atoms with Crippen LogP contribution in [-0.4, -0.2) is 20.5 Å². The molecule has 5 heteroatoms. The van der Waals surface area contributed by atoms with E-state index in [1.165, 1.54) is 104 Å². The van der Waals surface area contributed by atoms with E-state index >= 15 is 0 Å². The van der Waals surface area contributed by atoms with E-state index in [2.05, 4.69) is 54.0 Å². The van der Waals surface area contributed by atoms with E-state index in [0.29, 0.717) is 6.42 Å². The summed E-state index contributed by atoms with van der Waals surface area (Å²) in [4.78, 5) is 17.9. The molecule has 2 N–H and O–H groups in total. The van der Waals surface area contributed by atoms with Crippen LogP contribution in [0.2, 0.25) is 0 Å². The summed E-state index contributed by atoms with van der Waals surface area (Å²) in [5.74, 6) is 0. The van der Waals surface area contributed by atoms with E-state index < -0.39 is 7.60 Å². The van der Waals surface area contributed by atoms with Crippen molar-refractivity contribution in [3.8, 4) is 0 Å². The highest BCUT2D eigenvalue weighted by atomic mass is 31.2. The molecule has 0 unspecified atom stereocenters. The summed E-state index contributed by atoms with van der Waals surface area (Å²) in [5, 5.41) is 2.76. The highest BCUT2D eigenvalue weighted by Gasteiger charge is 2.12. The maximum atomic E-state index is 10.9. The van der Waals surface area contributed by atoms with Gasteiger partial charge < -0.3 is 14.4 Å². The summed E-state index contributed by atoms with van der Waals surface area (Å²) in [7, 11) is -3.82. The molecule has 1 heterocycles. The van der Waals surface area contributed by atoms with Crippen LogP contribution in [0.1, 0.15) is 115 Å². The minimum Gasteiger partial charge on any atom is -0.340 e. The molecule has 37 heavy (non-hydrogen) atoms. The van der Waals surface area contributed by atoms with Gasteiger partial charge in [-0.25, -0.2) is 0 Å². The number of rotatable bonds is 20. The van der Waals surface area contributed by atoms with E-state index in [4.69, 9.17) is 9.79 Å². The molecule has 206 valence electrons. The van der Waals surface area contributed by atoms with Gasteiger partial charge in [0.05, 0.1) is 0 Å². The molecule has 0 fully saturated rings. The Morgan fingerprint density at radius 3 is 1.89 bits per heavy atom. The summed E-state index contributed by atoms with van der Waals surface area (Å²) in [6.45, 7) is 3.38. The second-order valence-corrected chi connectivity index (χ2v) is 12.7. The number of benzene rings is 2. The first-order valence-corrected chi connectivity index (χ1v) is 16.8. The van der Waals surface area contributed by atoms with Crippen molar-refractivity contribution in [2.24, 2.45) is 0 Å². The topological polar surface area (TPSA) is 62.5 Å². The van der Waals surface area contributed by atoms with Gasteiger partial charge >= 0.3 is 7.60 Å². The zero-order valence-electron chi connectivity index (χ0n) is 23.2. The normalized spacial score (nSPS) is 12.2. The second-order valence-electron chi connectivity index (χ2n) is 11.0. The molecule has 2 aromatic carbocycles. The van der Waals surface area contributed by atoms with Crippen LogP contribution in [0.15, 0.2) is 42.5 Å². The molecule has 0 radical (unpaired) electrons. The smallest absolute Gasteiger partial charge is 0.325 e. The second kappa shape index (κ2) is 16.4. The van der Waals surface area contributed by atoms with E-state index in [9.17, 15) is 4.57 Å². The molecule has 0 amide bonds. The maximum Gasteiger partial charge on any atom is 0.325 e. The molecule has 3 rings (SSSR count). The van der Waals surface area contributed by atoms with Crippen LogP contribution in [0, 0.1) is 0 Å². The molecule has 0 spiro atoms. The first kappa shape index (κ1) is 29.9. The lowest BCUT2D eigenvalue weighted by Crippen LogP contribution is -1.98. The number of unbranched alkanes of at least 4 members (excludes halogenated alkanes) is 14. The molecule has 3 aromatic rings. The van der Waals surface area contributed by atoms with Gasteiger partial charge in [-0.15, -0.1) is 0 Å². The van der Waals surface area contributed by atoms with Crippen LogP contribution in [-0.2, 0) is 17.5 Å². The van der Waals surface area contributed by atoms with Gasteiger partial charge in [0.15, 0.2) is 0 Å². The molecule has 0 bridgehead atoms. The monoisotopic (exact) mass is 527 g/mol. The van der Waals surface area contributed by atoms with E-state index in [1.54, 1.807) is 0 Å². The van der Waals surface area contributed by atoms with Crippen molar-refractivity contribution in [3.63, 3.8) is 0 Å². The van der Waals surface area contributed by atoms with Crippen molar-refractivity contribution in [2.45, 2.75) is 123 Å². The molecule has 0 saturated heterocycles. The van der Waals surface area contributed by atoms with E-state index in [-0.39, 0.29) is 6.16 Å². The third-order valence-electron chi connectivity index (χ3n) is 7.74. The van der Waals surface area contributed by atoms with Crippen molar-refractivity contribution in [2.75, 3.05) is 6.16 Å². The van der Waals surface area contributed by atoms with Gasteiger partial charge in [-0.2, -0.15) is 0 Å². The predicted octanol–water partition coefficient (Wildman–Crippen LogP) is 9.78. The Balaban J connectivity index is 1.45. The van der Waals surface area contributed by atoms with Gasteiger partial charge in [0.25, 0.3) is 0 Å². The number of aryl methyl sites for hydroxylation is 2. The fourth-order valence-electron chi connectivity index (χ4n) is 5.61. The molecule has 0 aliphatic heterocycles. The summed E-state index contributed by atoms with van der Waals surface area (Å²) < 4.78 is 13.5. The Bertz CT molecular complexity index is 1100. The first-order valence-electron chi connectivity index (χ1n) is 15.0. The average Bonchev–Trinajstić information content (AvgIpc) is 3.19. The molecule has 1 aromatic heterocycles. The van der Waals surface area contributed by atoms with Crippen molar-refractivity contribution in [1.82, 2.24) is 4.57 Å². The van der Waals surface area contributed by atoms with Gasteiger partial charge in [-0.1, -0.05) is 115 Å². The van der Waals surface area contributed by atoms with Crippen molar-refractivity contribution in [1.29, 1.82) is 0 Å². The SMILES string of the molecule is CCCCCCCCCCCCn1c2ccccc2c2cc(CCCCCCCCP(=O)(O)O)ccc21. The van der Waals surface area contributed by atoms with Crippen molar-refractivity contribution >= 4 is 29.4 Å². The van der Waals surface area contributed by atoms with E-state index in [1.807, 2.05) is 0 Å². The van der Waals surface area contributed by atoms with Crippen LogP contribution in [0.5, 0.6) is 0 Å². The summed E-state index contributed by atoms with van der Waals surface area (Å²) in [6.07, 6.45) is 20.9. The lowest BCUT2D eigenvalue weighted by atomic mass is 10.0. The van der Waals surface area contributed by atoms with Crippen LogP contribution in [0.4, 0.5) is 0 Å². The first-order chi connectivity index (χ1) is 18.0. The largest absolute Gasteiger partial charge is 0.340 e. The molecule has 0 aliphatic carbocycles. The lowest BCUT2D eigenvalue weighted by molar-refractivity contribution is 0.370. The van der Waals surface area contributed by atoms with Gasteiger partial charge in [-0.3, -0.25) is 4.57 Å². The van der Waals surface area contributed by atoms with Crippen LogP contribution >= 0.6 is 7.60 Å². The van der Waals surface area contributed by atoms with E-state index in [0.717, 1.165) is 32.2 Å². The number of fused-ring (bicyclic) bond motifs is 3. The Labute approximate surface area is 225 Å². The average molecular weight is 528 g/mol. The third kappa shape index (κ3) is 10.6. The number of nitrogens with zero attached hydrogens (tertiary/aromatic N) is 1. The minimum atomic E-state index is -3.82. The summed E-state index contributed by atoms with van der Waals surface area (Å²) in [6, 6.07) is 15.9. The number of hydrogen-bond donors (Lipinski definition) is 2. The zero-order chi connectivity index (χ0) is 26.3. The van der Waals surface area contributed by atoms with Gasteiger partial charge in [0, 0.05) is 34.5 Å². The fourth-order valence-corrected chi connectivity index (χ4v) is 6.24. The quantitative estimate of drug-likeness (QED) is 0.114. The molecule has 4 nitrogen and oxygen atoms in total. The highest BCUT2D eigenvalue weighted by Crippen LogP contribution is 2.35. The Kier molecular flexibility index (Phi) is 13.2. The van der Waals surface area contributed by atoms with Crippen molar-refractivity contribution in [3.05, 3.63) is 48.0 Å². The fraction of sp³-hybridized carbons (Fsp3) is 0.625. The zero-order valence-corrected chi connectivity index (χ0v) is 24.1. The minimum absolute atomic E-state index is 0.0276. The summed E-state index contributed by atoms with van der Waals surface area (Å²) >= 11 is 0. The third-order valence-corrected chi connectivity index (χ3v) is 8.64. The molecule has 0 saturated carbocycles. The molecule has 0 aliphatic rings.